The van der Waals surface area contributed by atoms with Gasteiger partial charge in [-0.1, -0.05) is 27.7 Å². The molecule has 0 radical (unpaired) electrons. The number of rotatable bonds is 4. The summed E-state index contributed by atoms with van der Waals surface area (Å²) < 4.78 is 0. The Kier molecular flexibility index (Phi) is 5.95. The minimum atomic E-state index is 0.0738. The number of isocyanates is 2. The van der Waals surface area contributed by atoms with Gasteiger partial charge in [0.25, 0.3) is 0 Å². The van der Waals surface area contributed by atoms with Crippen molar-refractivity contribution >= 4 is 12.2 Å². The van der Waals surface area contributed by atoms with Gasteiger partial charge in [-0.25, -0.2) is 19.6 Å². The highest BCUT2D eigenvalue weighted by Gasteiger charge is 2.42. The zero-order valence-corrected chi connectivity index (χ0v) is 14.9. The van der Waals surface area contributed by atoms with E-state index in [2.05, 4.69) is 37.7 Å². The lowest BCUT2D eigenvalue weighted by Crippen LogP contribution is -2.41. The second-order valence-corrected chi connectivity index (χ2v) is 8.62. The van der Waals surface area contributed by atoms with Gasteiger partial charge < -0.3 is 0 Å². The van der Waals surface area contributed by atoms with Crippen molar-refractivity contribution in [3.8, 4) is 0 Å². The molecule has 23 heavy (non-hydrogen) atoms. The number of hydrogen-bond acceptors (Lipinski definition) is 4. The second-order valence-electron chi connectivity index (χ2n) is 8.62. The molecule has 0 aromatic heterocycles. The van der Waals surface area contributed by atoms with Crippen molar-refractivity contribution in [2.24, 2.45) is 39.1 Å². The number of nitrogens with zero attached hydrogens (tertiary/aromatic N) is 2. The van der Waals surface area contributed by atoms with E-state index in [1.807, 2.05) is 0 Å². The average molecular weight is 318 g/mol. The Morgan fingerprint density at radius 3 is 2.17 bits per heavy atom. The molecule has 2 aliphatic carbocycles. The minimum Gasteiger partial charge on any atom is -0.211 e. The van der Waals surface area contributed by atoms with Crippen molar-refractivity contribution in [2.75, 3.05) is 0 Å². The molecule has 6 atom stereocenters. The van der Waals surface area contributed by atoms with Crippen LogP contribution in [-0.4, -0.2) is 24.2 Å². The van der Waals surface area contributed by atoms with E-state index in [9.17, 15) is 9.59 Å². The van der Waals surface area contributed by atoms with E-state index >= 15 is 0 Å². The minimum absolute atomic E-state index is 0.0738. The van der Waals surface area contributed by atoms with Gasteiger partial charge in [-0.15, -0.1) is 0 Å². The highest BCUT2D eigenvalue weighted by molar-refractivity contribution is 5.34. The first-order valence-electron chi connectivity index (χ1n) is 9.01. The monoisotopic (exact) mass is 318 g/mol. The molecule has 0 aromatic rings. The highest BCUT2D eigenvalue weighted by Crippen LogP contribution is 2.47. The third kappa shape index (κ3) is 4.40. The molecular formula is C19H30N2O2. The lowest BCUT2D eigenvalue weighted by atomic mass is 9.62. The quantitative estimate of drug-likeness (QED) is 0.573. The summed E-state index contributed by atoms with van der Waals surface area (Å²) >= 11 is 0. The number of carbonyl (C=O) groups excluding carboxylic acids is 2. The Bertz CT molecular complexity index is 503. The van der Waals surface area contributed by atoms with Gasteiger partial charge in [-0.05, 0) is 67.6 Å². The van der Waals surface area contributed by atoms with E-state index in [0.29, 0.717) is 17.8 Å². The third-order valence-electron chi connectivity index (χ3n) is 6.17. The van der Waals surface area contributed by atoms with Gasteiger partial charge in [0.2, 0.25) is 12.2 Å². The topological polar surface area (TPSA) is 58.9 Å². The van der Waals surface area contributed by atoms with Gasteiger partial charge >= 0.3 is 0 Å². The van der Waals surface area contributed by atoms with Crippen LogP contribution < -0.4 is 0 Å². The summed E-state index contributed by atoms with van der Waals surface area (Å²) in [5.74, 6) is 2.37. The molecule has 0 aromatic carbocycles. The summed E-state index contributed by atoms with van der Waals surface area (Å²) in [6.07, 6.45) is 10.4. The van der Waals surface area contributed by atoms with Gasteiger partial charge in [-0.3, -0.25) is 0 Å². The molecule has 128 valence electrons. The van der Waals surface area contributed by atoms with Crippen molar-refractivity contribution in [1.29, 1.82) is 0 Å². The molecule has 0 amide bonds. The Hall–Kier alpha value is -1.24. The van der Waals surface area contributed by atoms with Gasteiger partial charge in [-0.2, -0.15) is 0 Å². The van der Waals surface area contributed by atoms with Crippen LogP contribution in [0.15, 0.2) is 9.98 Å². The molecule has 0 N–H and O–H groups in total. The van der Waals surface area contributed by atoms with Crippen LogP contribution in [0.1, 0.15) is 66.2 Å². The largest absolute Gasteiger partial charge is 0.235 e. The Labute approximate surface area is 139 Å². The summed E-state index contributed by atoms with van der Waals surface area (Å²) in [6.45, 7) is 8.90. The number of aliphatic imine (C=N–C) groups is 2. The summed E-state index contributed by atoms with van der Waals surface area (Å²) in [5, 5.41) is 0. The standard InChI is InChI=1S/C19H30N2O2/c1-13-7-15(5-6-17(13)20-11-22)9-16-8-14(2)18(21-12-23)19(3,4)10-16/h13-18H,5-10H2,1-4H3. The lowest BCUT2D eigenvalue weighted by molar-refractivity contribution is 0.0787. The van der Waals surface area contributed by atoms with Gasteiger partial charge in [0, 0.05) is 0 Å². The molecule has 2 saturated carbocycles. The molecule has 0 spiro atoms. The van der Waals surface area contributed by atoms with Crippen LogP contribution in [-0.2, 0) is 9.59 Å². The van der Waals surface area contributed by atoms with Crippen LogP contribution in [0, 0.1) is 29.1 Å². The van der Waals surface area contributed by atoms with Crippen molar-refractivity contribution in [1.82, 2.24) is 0 Å². The molecular weight excluding hydrogens is 288 g/mol. The summed E-state index contributed by atoms with van der Waals surface area (Å²) in [4.78, 5) is 29.2. The fraction of sp³-hybridized carbons (Fsp3) is 0.895. The lowest BCUT2D eigenvalue weighted by Gasteiger charge is -2.45. The number of hydrogen-bond donors (Lipinski definition) is 0. The van der Waals surface area contributed by atoms with Crippen LogP contribution in [0.2, 0.25) is 0 Å². The summed E-state index contributed by atoms with van der Waals surface area (Å²) in [6, 6.07) is 0.282. The van der Waals surface area contributed by atoms with Crippen LogP contribution in [0.3, 0.4) is 0 Å². The molecule has 0 bridgehead atoms. The molecule has 2 rings (SSSR count). The molecule has 6 unspecified atom stereocenters. The van der Waals surface area contributed by atoms with Gasteiger partial charge in [0.1, 0.15) is 0 Å². The van der Waals surface area contributed by atoms with E-state index < -0.39 is 0 Å². The van der Waals surface area contributed by atoms with Crippen LogP contribution in [0.4, 0.5) is 0 Å². The molecule has 0 saturated heterocycles. The predicted octanol–water partition coefficient (Wildman–Crippen LogP) is 4.29. The van der Waals surface area contributed by atoms with E-state index in [4.69, 9.17) is 0 Å². The normalized spacial score (nSPS) is 39.8. The Morgan fingerprint density at radius 2 is 1.61 bits per heavy atom. The first-order chi connectivity index (χ1) is 10.9. The SMILES string of the molecule is CC1CC(CC2CC(C)C(N=C=O)C(C)(C)C2)CCC1N=C=O. The van der Waals surface area contributed by atoms with Crippen molar-refractivity contribution in [3.05, 3.63) is 0 Å². The maximum absolute atomic E-state index is 10.7. The van der Waals surface area contributed by atoms with E-state index in [1.54, 1.807) is 12.2 Å². The molecule has 0 aliphatic heterocycles. The van der Waals surface area contributed by atoms with E-state index in [1.165, 1.54) is 12.8 Å². The summed E-state index contributed by atoms with van der Waals surface area (Å²) in [5.41, 5.74) is 0.0738. The van der Waals surface area contributed by atoms with Crippen molar-refractivity contribution < 1.29 is 9.59 Å². The zero-order valence-electron chi connectivity index (χ0n) is 14.9. The smallest absolute Gasteiger partial charge is 0.211 e. The molecule has 2 aliphatic rings. The molecule has 2 fully saturated rings. The zero-order chi connectivity index (χ0) is 17.0. The summed E-state index contributed by atoms with van der Waals surface area (Å²) in [7, 11) is 0. The molecule has 0 heterocycles. The highest BCUT2D eigenvalue weighted by atomic mass is 16.1. The fourth-order valence-corrected chi connectivity index (χ4v) is 5.35. The maximum atomic E-state index is 10.7. The first kappa shape index (κ1) is 18.1. The van der Waals surface area contributed by atoms with Crippen LogP contribution in [0.25, 0.3) is 0 Å². The Balaban J connectivity index is 1.94. The van der Waals surface area contributed by atoms with Crippen molar-refractivity contribution in [2.45, 2.75) is 78.3 Å². The van der Waals surface area contributed by atoms with Crippen LogP contribution >= 0.6 is 0 Å². The van der Waals surface area contributed by atoms with Gasteiger partial charge in [0.05, 0.1) is 12.1 Å². The van der Waals surface area contributed by atoms with Crippen LogP contribution in [0.5, 0.6) is 0 Å². The third-order valence-corrected chi connectivity index (χ3v) is 6.17. The van der Waals surface area contributed by atoms with E-state index in [0.717, 1.165) is 31.6 Å². The fourth-order valence-electron chi connectivity index (χ4n) is 5.35. The molecule has 4 nitrogen and oxygen atoms in total. The second kappa shape index (κ2) is 7.55. The predicted molar refractivity (Wildman–Crippen MR) is 90.6 cm³/mol. The Morgan fingerprint density at radius 1 is 0.957 bits per heavy atom. The maximum Gasteiger partial charge on any atom is 0.235 e. The van der Waals surface area contributed by atoms with E-state index in [-0.39, 0.29) is 17.5 Å². The average Bonchev–Trinajstić information content (AvgIpc) is 2.45. The first-order valence-corrected chi connectivity index (χ1v) is 9.01. The molecule has 4 heteroatoms. The van der Waals surface area contributed by atoms with Crippen molar-refractivity contribution in [3.63, 3.8) is 0 Å². The van der Waals surface area contributed by atoms with Gasteiger partial charge in [0.15, 0.2) is 0 Å².